The van der Waals surface area contributed by atoms with E-state index < -0.39 is 0 Å². The molecule has 1 nitrogen and oxygen atoms in total. The summed E-state index contributed by atoms with van der Waals surface area (Å²) >= 11 is 0. The maximum Gasteiger partial charge on any atom is 0.207 e. The Hall–Kier alpha value is -1.63. The van der Waals surface area contributed by atoms with E-state index in [9.17, 15) is 0 Å². The van der Waals surface area contributed by atoms with E-state index in [0.717, 1.165) is 0 Å². The van der Waals surface area contributed by atoms with Gasteiger partial charge in [-0.3, -0.25) is 0 Å². The van der Waals surface area contributed by atoms with Gasteiger partial charge in [0, 0.05) is 11.6 Å². The van der Waals surface area contributed by atoms with Crippen molar-refractivity contribution >= 4 is 5.71 Å². The molecule has 2 aliphatic rings. The normalized spacial score (nSPS) is 26.7. The molecule has 74 valence electrons. The lowest BCUT2D eigenvalue weighted by molar-refractivity contribution is -0.532. The van der Waals surface area contributed by atoms with Gasteiger partial charge in [-0.1, -0.05) is 30.9 Å². The Morgan fingerprint density at radius 1 is 1.27 bits per heavy atom. The Balaban J connectivity index is 2.30. The molecule has 0 spiro atoms. The minimum Gasteiger partial charge on any atom is -0.225 e. The minimum atomic E-state index is 0.535. The van der Waals surface area contributed by atoms with Gasteiger partial charge in [0.25, 0.3) is 0 Å². The van der Waals surface area contributed by atoms with Crippen molar-refractivity contribution in [2.24, 2.45) is 0 Å². The summed E-state index contributed by atoms with van der Waals surface area (Å²) in [6, 6.07) is 9.17. The van der Waals surface area contributed by atoms with Crippen LogP contribution < -0.4 is 0 Å². The molecule has 3 rings (SSSR count). The number of rotatable bonds is 1. The fourth-order valence-corrected chi connectivity index (χ4v) is 2.60. The van der Waals surface area contributed by atoms with Crippen LogP contribution in [0.1, 0.15) is 17.0 Å². The summed E-state index contributed by atoms with van der Waals surface area (Å²) in [4.78, 5) is 0. The fraction of sp³-hybridized carbons (Fsp3) is 0.214. The summed E-state index contributed by atoms with van der Waals surface area (Å²) < 4.78 is 2.32. The van der Waals surface area contributed by atoms with Gasteiger partial charge in [-0.05, 0) is 17.7 Å². The van der Waals surface area contributed by atoms with Crippen molar-refractivity contribution in [3.63, 3.8) is 0 Å². The SMILES string of the molecule is C=CC1=[N+](C)C2C=CC2c2ccccc21. The van der Waals surface area contributed by atoms with Crippen LogP contribution in [-0.4, -0.2) is 23.4 Å². The van der Waals surface area contributed by atoms with Gasteiger partial charge >= 0.3 is 0 Å². The molecule has 1 heteroatoms. The van der Waals surface area contributed by atoms with E-state index in [1.807, 2.05) is 6.08 Å². The highest BCUT2D eigenvalue weighted by Gasteiger charge is 2.40. The molecule has 0 bridgehead atoms. The second-order valence-electron chi connectivity index (χ2n) is 4.19. The average Bonchev–Trinajstić information content (AvgIpc) is 2.18. The third-order valence-corrected chi connectivity index (χ3v) is 3.50. The summed E-state index contributed by atoms with van der Waals surface area (Å²) in [5.74, 6) is 0.579. The number of nitrogens with zero attached hydrogens (tertiary/aromatic N) is 1. The molecule has 2 unspecified atom stereocenters. The largest absolute Gasteiger partial charge is 0.225 e. The number of hydrogen-bond donors (Lipinski definition) is 0. The van der Waals surface area contributed by atoms with Gasteiger partial charge in [0.2, 0.25) is 5.71 Å². The quantitative estimate of drug-likeness (QED) is 0.479. The van der Waals surface area contributed by atoms with Crippen molar-refractivity contribution in [2.45, 2.75) is 12.0 Å². The predicted octanol–water partition coefficient (Wildman–Crippen LogP) is 2.34. The molecule has 1 heterocycles. The zero-order valence-corrected chi connectivity index (χ0v) is 8.85. The summed E-state index contributed by atoms with van der Waals surface area (Å²) in [7, 11) is 2.15. The zero-order chi connectivity index (χ0) is 10.4. The van der Waals surface area contributed by atoms with Gasteiger partial charge in [0.15, 0.2) is 6.04 Å². The molecule has 1 aliphatic heterocycles. The van der Waals surface area contributed by atoms with Crippen LogP contribution >= 0.6 is 0 Å². The average molecular weight is 196 g/mol. The maximum atomic E-state index is 3.91. The first-order chi connectivity index (χ1) is 7.33. The highest BCUT2D eigenvalue weighted by atomic mass is 15.0. The number of allylic oxidation sites excluding steroid dienone is 1. The Morgan fingerprint density at radius 2 is 2.07 bits per heavy atom. The van der Waals surface area contributed by atoms with Gasteiger partial charge < -0.3 is 0 Å². The molecule has 1 aromatic rings. The molecule has 1 aromatic carbocycles. The van der Waals surface area contributed by atoms with E-state index in [-0.39, 0.29) is 0 Å². The lowest BCUT2D eigenvalue weighted by Gasteiger charge is -2.32. The van der Waals surface area contributed by atoms with E-state index in [2.05, 4.69) is 54.6 Å². The monoisotopic (exact) mass is 196 g/mol. The van der Waals surface area contributed by atoms with E-state index >= 15 is 0 Å². The number of hydrogen-bond acceptors (Lipinski definition) is 0. The number of benzene rings is 1. The molecule has 0 N–H and O–H groups in total. The Kier molecular flexibility index (Phi) is 1.69. The fourth-order valence-electron chi connectivity index (χ4n) is 2.60. The van der Waals surface area contributed by atoms with Crippen molar-refractivity contribution in [1.82, 2.24) is 0 Å². The lowest BCUT2D eigenvalue weighted by atomic mass is 9.77. The molecule has 0 saturated carbocycles. The second-order valence-corrected chi connectivity index (χ2v) is 4.19. The highest BCUT2D eigenvalue weighted by Crippen LogP contribution is 2.37. The van der Waals surface area contributed by atoms with Gasteiger partial charge in [-0.25, -0.2) is 4.58 Å². The van der Waals surface area contributed by atoms with Crippen LogP contribution in [0.25, 0.3) is 0 Å². The third kappa shape index (κ3) is 1.01. The Bertz CT molecular complexity index is 494. The van der Waals surface area contributed by atoms with Crippen LogP contribution in [0, 0.1) is 0 Å². The molecule has 0 saturated heterocycles. The second kappa shape index (κ2) is 2.93. The summed E-state index contributed by atoms with van der Waals surface area (Å²) in [6.45, 7) is 3.91. The summed E-state index contributed by atoms with van der Waals surface area (Å²) in [6.07, 6.45) is 6.52. The predicted molar refractivity (Wildman–Crippen MR) is 62.6 cm³/mol. The standard InChI is InChI=1S/C14H14N/c1-3-13-11-7-5-4-6-10(11)12-8-9-14(12)15(13)2/h3-9,12,14H,1H2,2H3/q+1. The summed E-state index contributed by atoms with van der Waals surface area (Å²) in [5.41, 5.74) is 4.02. The molecular weight excluding hydrogens is 182 g/mol. The van der Waals surface area contributed by atoms with Crippen LogP contribution in [-0.2, 0) is 0 Å². The van der Waals surface area contributed by atoms with Crippen molar-refractivity contribution in [3.05, 3.63) is 60.2 Å². The van der Waals surface area contributed by atoms with Gasteiger partial charge in [-0.2, -0.15) is 0 Å². The first-order valence-corrected chi connectivity index (χ1v) is 5.33. The van der Waals surface area contributed by atoms with Gasteiger partial charge in [0.05, 0.1) is 5.92 Å². The molecule has 0 aromatic heterocycles. The molecule has 1 aliphatic carbocycles. The van der Waals surface area contributed by atoms with Crippen molar-refractivity contribution < 1.29 is 4.58 Å². The molecule has 0 amide bonds. The first-order valence-electron chi connectivity index (χ1n) is 5.33. The minimum absolute atomic E-state index is 0.535. The number of fused-ring (bicyclic) bond motifs is 3. The van der Waals surface area contributed by atoms with Gasteiger partial charge in [0.1, 0.15) is 7.05 Å². The Morgan fingerprint density at radius 3 is 2.73 bits per heavy atom. The highest BCUT2D eigenvalue weighted by molar-refractivity contribution is 6.06. The number of likely N-dealkylation sites (N-methyl/N-ethyl adjacent to an activating group) is 1. The van der Waals surface area contributed by atoms with Gasteiger partial charge in [-0.15, -0.1) is 0 Å². The van der Waals surface area contributed by atoms with Crippen LogP contribution in [0.15, 0.2) is 49.1 Å². The van der Waals surface area contributed by atoms with Crippen LogP contribution in [0.4, 0.5) is 0 Å². The van der Waals surface area contributed by atoms with Crippen LogP contribution in [0.5, 0.6) is 0 Å². The smallest absolute Gasteiger partial charge is 0.207 e. The van der Waals surface area contributed by atoms with Crippen molar-refractivity contribution in [1.29, 1.82) is 0 Å². The topological polar surface area (TPSA) is 3.01 Å². The van der Waals surface area contributed by atoms with Crippen LogP contribution in [0.3, 0.4) is 0 Å². The summed E-state index contributed by atoms with van der Waals surface area (Å²) in [5, 5.41) is 0. The van der Waals surface area contributed by atoms with Crippen LogP contribution in [0.2, 0.25) is 0 Å². The maximum absolute atomic E-state index is 3.91. The van der Waals surface area contributed by atoms with E-state index in [1.165, 1.54) is 16.8 Å². The van der Waals surface area contributed by atoms with E-state index in [0.29, 0.717) is 12.0 Å². The molecule has 0 radical (unpaired) electrons. The van der Waals surface area contributed by atoms with E-state index in [4.69, 9.17) is 0 Å². The zero-order valence-electron chi connectivity index (χ0n) is 8.85. The third-order valence-electron chi connectivity index (χ3n) is 3.50. The molecule has 15 heavy (non-hydrogen) atoms. The molecule has 0 fully saturated rings. The van der Waals surface area contributed by atoms with Crippen molar-refractivity contribution in [2.75, 3.05) is 7.05 Å². The van der Waals surface area contributed by atoms with Crippen molar-refractivity contribution in [3.8, 4) is 0 Å². The molecular formula is C14H14N+. The Labute approximate surface area is 90.1 Å². The molecule has 2 atom stereocenters. The lowest BCUT2D eigenvalue weighted by Crippen LogP contribution is -2.41. The first kappa shape index (κ1) is 8.66. The van der Waals surface area contributed by atoms with E-state index in [1.54, 1.807) is 0 Å².